The summed E-state index contributed by atoms with van der Waals surface area (Å²) in [4.78, 5) is 24.6. The minimum atomic E-state index is -0.606. The summed E-state index contributed by atoms with van der Waals surface area (Å²) in [5, 5.41) is 14.7. The van der Waals surface area contributed by atoms with Crippen LogP contribution in [-0.2, 0) is 17.9 Å². The van der Waals surface area contributed by atoms with Crippen LogP contribution in [0.4, 0.5) is 10.1 Å². The van der Waals surface area contributed by atoms with Crippen LogP contribution in [0, 0.1) is 5.82 Å². The van der Waals surface area contributed by atoms with Gasteiger partial charge in [0.1, 0.15) is 5.82 Å². The normalized spacial score (nSPS) is 10.8. The number of benzene rings is 2. The number of nitrogens with one attached hydrogen (secondary N) is 2. The van der Waals surface area contributed by atoms with Gasteiger partial charge < -0.3 is 15.2 Å². The van der Waals surface area contributed by atoms with Crippen molar-refractivity contribution in [1.29, 1.82) is 0 Å². The van der Waals surface area contributed by atoms with Crippen LogP contribution in [0.15, 0.2) is 41.6 Å². The SMILES string of the molecule is CCn1c(CNC(=O)c2ccccc2F)nnc1SCC(=O)Nc1c(Cl)cc(Cl)cc1Cl. The third-order valence-corrected chi connectivity index (χ3v) is 6.02. The molecule has 168 valence electrons. The molecule has 0 aliphatic carbocycles. The van der Waals surface area contributed by atoms with Crippen molar-refractivity contribution in [3.05, 3.63) is 68.7 Å². The molecule has 3 rings (SSSR count). The van der Waals surface area contributed by atoms with Crippen LogP contribution in [-0.4, -0.2) is 32.3 Å². The van der Waals surface area contributed by atoms with Gasteiger partial charge in [0.05, 0.1) is 33.6 Å². The Morgan fingerprint density at radius 3 is 2.47 bits per heavy atom. The average Bonchev–Trinajstić information content (AvgIpc) is 3.15. The molecule has 0 saturated carbocycles. The molecule has 0 spiro atoms. The number of halogens is 4. The highest BCUT2D eigenvalue weighted by atomic mass is 35.5. The first-order valence-corrected chi connectivity index (χ1v) is 11.4. The van der Waals surface area contributed by atoms with Crippen molar-refractivity contribution in [3.8, 4) is 0 Å². The highest BCUT2D eigenvalue weighted by Gasteiger charge is 2.17. The fraction of sp³-hybridized carbons (Fsp3) is 0.200. The van der Waals surface area contributed by atoms with E-state index in [1.807, 2.05) is 6.92 Å². The first-order chi connectivity index (χ1) is 15.3. The highest BCUT2D eigenvalue weighted by Crippen LogP contribution is 2.33. The van der Waals surface area contributed by atoms with Gasteiger partial charge in [0.25, 0.3) is 5.91 Å². The Morgan fingerprint density at radius 2 is 1.81 bits per heavy atom. The maximum absolute atomic E-state index is 13.8. The van der Waals surface area contributed by atoms with Gasteiger partial charge >= 0.3 is 0 Å². The minimum absolute atomic E-state index is 0.0228. The summed E-state index contributed by atoms with van der Waals surface area (Å²) in [6, 6.07) is 8.66. The van der Waals surface area contributed by atoms with Gasteiger partial charge in [0, 0.05) is 11.6 Å². The lowest BCUT2D eigenvalue weighted by Crippen LogP contribution is -2.25. The number of carbonyl (C=O) groups excluding carboxylic acids is 2. The number of amides is 2. The maximum Gasteiger partial charge on any atom is 0.254 e. The average molecular weight is 517 g/mol. The smallest absolute Gasteiger partial charge is 0.254 e. The number of rotatable bonds is 8. The Bertz CT molecular complexity index is 1140. The third-order valence-electron chi connectivity index (χ3n) is 4.24. The molecular weight excluding hydrogens is 500 g/mol. The van der Waals surface area contributed by atoms with Gasteiger partial charge in [0.15, 0.2) is 11.0 Å². The fourth-order valence-electron chi connectivity index (χ4n) is 2.74. The lowest BCUT2D eigenvalue weighted by atomic mass is 10.2. The predicted molar refractivity (Wildman–Crippen MR) is 124 cm³/mol. The van der Waals surface area contributed by atoms with Crippen LogP contribution < -0.4 is 10.6 Å². The van der Waals surface area contributed by atoms with E-state index in [1.54, 1.807) is 10.6 Å². The van der Waals surface area contributed by atoms with E-state index in [0.717, 1.165) is 11.8 Å². The molecular formula is C20H17Cl3FN5O2S. The lowest BCUT2D eigenvalue weighted by molar-refractivity contribution is -0.113. The second-order valence-corrected chi connectivity index (χ2v) is 8.58. The quantitative estimate of drug-likeness (QED) is 0.409. The van der Waals surface area contributed by atoms with Gasteiger partial charge in [-0.15, -0.1) is 10.2 Å². The predicted octanol–water partition coefficient (Wildman–Crippen LogP) is 5.06. The third kappa shape index (κ3) is 5.92. The van der Waals surface area contributed by atoms with E-state index in [2.05, 4.69) is 20.8 Å². The molecule has 2 N–H and O–H groups in total. The van der Waals surface area contributed by atoms with E-state index >= 15 is 0 Å². The second-order valence-electron chi connectivity index (χ2n) is 6.39. The zero-order chi connectivity index (χ0) is 23.3. The molecule has 3 aromatic rings. The number of hydrogen-bond acceptors (Lipinski definition) is 5. The molecule has 12 heteroatoms. The van der Waals surface area contributed by atoms with Gasteiger partial charge in [-0.2, -0.15) is 0 Å². The molecule has 0 radical (unpaired) electrons. The maximum atomic E-state index is 13.8. The van der Waals surface area contributed by atoms with Crippen LogP contribution in [0.1, 0.15) is 23.1 Å². The van der Waals surface area contributed by atoms with Gasteiger partial charge in [-0.1, -0.05) is 58.7 Å². The Kier molecular flexibility index (Phi) is 8.36. The van der Waals surface area contributed by atoms with Crippen LogP contribution in [0.25, 0.3) is 0 Å². The summed E-state index contributed by atoms with van der Waals surface area (Å²) in [6.07, 6.45) is 0. The van der Waals surface area contributed by atoms with Gasteiger partial charge in [0.2, 0.25) is 5.91 Å². The van der Waals surface area contributed by atoms with E-state index in [4.69, 9.17) is 34.8 Å². The molecule has 0 saturated heterocycles. The van der Waals surface area contributed by atoms with Crippen molar-refractivity contribution >= 4 is 64.1 Å². The van der Waals surface area contributed by atoms with Crippen molar-refractivity contribution in [3.63, 3.8) is 0 Å². The highest BCUT2D eigenvalue weighted by molar-refractivity contribution is 7.99. The van der Waals surface area contributed by atoms with E-state index < -0.39 is 11.7 Å². The molecule has 0 fully saturated rings. The number of anilines is 1. The fourth-order valence-corrected chi connectivity index (χ4v) is 4.47. The Morgan fingerprint density at radius 1 is 1.12 bits per heavy atom. The van der Waals surface area contributed by atoms with Crippen molar-refractivity contribution in [1.82, 2.24) is 20.1 Å². The van der Waals surface area contributed by atoms with E-state index in [9.17, 15) is 14.0 Å². The molecule has 0 bridgehead atoms. The first-order valence-electron chi connectivity index (χ1n) is 9.32. The number of carbonyl (C=O) groups is 2. The van der Waals surface area contributed by atoms with Crippen LogP contribution >= 0.6 is 46.6 Å². The Balaban J connectivity index is 1.61. The molecule has 7 nitrogen and oxygen atoms in total. The van der Waals surface area contributed by atoms with Crippen LogP contribution in [0.5, 0.6) is 0 Å². The summed E-state index contributed by atoms with van der Waals surface area (Å²) in [6.45, 7) is 2.44. The van der Waals surface area contributed by atoms with Gasteiger partial charge in [-0.05, 0) is 31.2 Å². The Labute approximate surface area is 202 Å². The summed E-state index contributed by atoms with van der Waals surface area (Å²) < 4.78 is 15.5. The molecule has 0 atom stereocenters. The van der Waals surface area contributed by atoms with Crippen molar-refractivity contribution < 1.29 is 14.0 Å². The van der Waals surface area contributed by atoms with Gasteiger partial charge in [-0.25, -0.2) is 4.39 Å². The summed E-state index contributed by atoms with van der Waals surface area (Å²) in [7, 11) is 0. The van der Waals surface area contributed by atoms with Crippen LogP contribution in [0.2, 0.25) is 15.1 Å². The van der Waals surface area contributed by atoms with Crippen molar-refractivity contribution in [2.24, 2.45) is 0 Å². The molecule has 1 aromatic heterocycles. The summed E-state index contributed by atoms with van der Waals surface area (Å²) >= 11 is 19.2. The Hall–Kier alpha value is -2.33. The minimum Gasteiger partial charge on any atom is -0.345 e. The zero-order valence-corrected chi connectivity index (χ0v) is 19.7. The molecule has 0 unspecified atom stereocenters. The van der Waals surface area contributed by atoms with Crippen LogP contribution in [0.3, 0.4) is 0 Å². The topological polar surface area (TPSA) is 88.9 Å². The monoisotopic (exact) mass is 515 g/mol. The molecule has 1 heterocycles. The number of nitrogens with zero attached hydrogens (tertiary/aromatic N) is 3. The van der Waals surface area contributed by atoms with Crippen molar-refractivity contribution in [2.45, 2.75) is 25.2 Å². The number of thioether (sulfide) groups is 1. The summed E-state index contributed by atoms with van der Waals surface area (Å²) in [5.74, 6) is -1.01. The molecule has 2 aromatic carbocycles. The largest absolute Gasteiger partial charge is 0.345 e. The number of hydrogen-bond donors (Lipinski definition) is 2. The first kappa shape index (κ1) is 24.3. The summed E-state index contributed by atoms with van der Waals surface area (Å²) in [5.41, 5.74) is 0.220. The number of aromatic nitrogens is 3. The molecule has 2 amide bonds. The van der Waals surface area contributed by atoms with E-state index in [-0.39, 0.29) is 39.5 Å². The van der Waals surface area contributed by atoms with E-state index in [1.165, 1.54) is 30.3 Å². The van der Waals surface area contributed by atoms with Crippen molar-refractivity contribution in [2.75, 3.05) is 11.1 Å². The second kappa shape index (κ2) is 11.0. The lowest BCUT2D eigenvalue weighted by Gasteiger charge is -2.10. The standard InChI is InChI=1S/C20H17Cl3FN5O2S/c1-2-29-16(9-25-19(31)12-5-3-4-6-15(12)24)27-28-20(29)32-10-17(30)26-18-13(22)7-11(21)8-14(18)23/h3-8H,2,9-10H2,1H3,(H,25,31)(H,26,30). The van der Waals surface area contributed by atoms with E-state index in [0.29, 0.717) is 22.5 Å². The molecule has 32 heavy (non-hydrogen) atoms. The zero-order valence-electron chi connectivity index (χ0n) is 16.7. The molecule has 0 aliphatic heterocycles. The molecule has 0 aliphatic rings. The van der Waals surface area contributed by atoms with Gasteiger partial charge in [-0.3, -0.25) is 9.59 Å².